The van der Waals surface area contributed by atoms with Gasteiger partial charge < -0.3 is 15.0 Å². The van der Waals surface area contributed by atoms with Gasteiger partial charge in [0.1, 0.15) is 17.5 Å². The van der Waals surface area contributed by atoms with Crippen molar-refractivity contribution in [2.24, 2.45) is 0 Å². The van der Waals surface area contributed by atoms with E-state index in [9.17, 15) is 0 Å². The molecule has 5 nitrogen and oxygen atoms in total. The number of hydrogen-bond donors (Lipinski definition) is 1. The molecule has 114 valence electrons. The molecule has 1 rings (SSSR count). The van der Waals surface area contributed by atoms with Gasteiger partial charge in [0.2, 0.25) is 0 Å². The normalized spacial score (nSPS) is 12.6. The maximum Gasteiger partial charge on any atom is 0.135 e. The highest BCUT2D eigenvalue weighted by atomic mass is 16.5. The molecule has 1 aromatic heterocycles. The number of nitrogens with one attached hydrogen (secondary N) is 1. The van der Waals surface area contributed by atoms with Gasteiger partial charge in [0.05, 0.1) is 6.61 Å². The van der Waals surface area contributed by atoms with Crippen molar-refractivity contribution in [1.82, 2.24) is 9.97 Å². The summed E-state index contributed by atoms with van der Waals surface area (Å²) in [5, 5.41) is 3.12. The maximum atomic E-state index is 5.22. The van der Waals surface area contributed by atoms with E-state index in [4.69, 9.17) is 9.72 Å². The van der Waals surface area contributed by atoms with Crippen LogP contribution in [0.15, 0.2) is 6.07 Å². The Morgan fingerprint density at radius 2 is 2.00 bits per heavy atom. The second-order valence-electron chi connectivity index (χ2n) is 5.32. The fraction of sp³-hybridized carbons (Fsp3) is 0.733. The predicted molar refractivity (Wildman–Crippen MR) is 84.6 cm³/mol. The van der Waals surface area contributed by atoms with Gasteiger partial charge in [-0.05, 0) is 13.3 Å². The van der Waals surface area contributed by atoms with Crippen molar-refractivity contribution in [3.63, 3.8) is 0 Å². The Labute approximate surface area is 122 Å². The molecule has 1 unspecified atom stereocenters. The Hall–Kier alpha value is -1.36. The number of rotatable bonds is 8. The molecule has 0 fully saturated rings. The average Bonchev–Trinajstić information content (AvgIpc) is 2.46. The summed E-state index contributed by atoms with van der Waals surface area (Å²) in [5.41, 5.74) is 0. The average molecular weight is 280 g/mol. The first-order chi connectivity index (χ1) is 9.53. The number of anilines is 2. The van der Waals surface area contributed by atoms with Crippen molar-refractivity contribution in [3.8, 4) is 0 Å². The summed E-state index contributed by atoms with van der Waals surface area (Å²) in [6, 6.07) is 2.43. The van der Waals surface area contributed by atoms with Gasteiger partial charge in [-0.3, -0.25) is 0 Å². The zero-order valence-electron chi connectivity index (χ0n) is 13.6. The summed E-state index contributed by atoms with van der Waals surface area (Å²) in [7, 11) is 3.62. The molecule has 0 aliphatic carbocycles. The van der Waals surface area contributed by atoms with Crippen LogP contribution in [0.25, 0.3) is 0 Å². The Kier molecular flexibility index (Phi) is 6.71. The third kappa shape index (κ3) is 4.34. The van der Waals surface area contributed by atoms with E-state index in [1.54, 1.807) is 7.11 Å². The molecule has 0 radical (unpaired) electrons. The molecule has 0 aromatic carbocycles. The standard InChI is InChI=1S/C15H28N4O/c1-7-12(4)19(8-9-20-6)14-10-13(16-5)17-15(18-14)11(2)3/h10-12H,7-9H2,1-6H3,(H,16,17,18). The minimum Gasteiger partial charge on any atom is -0.383 e. The Bertz CT molecular complexity index is 409. The van der Waals surface area contributed by atoms with Crippen molar-refractivity contribution < 1.29 is 4.74 Å². The fourth-order valence-corrected chi connectivity index (χ4v) is 1.96. The molecule has 0 aliphatic rings. The second kappa shape index (κ2) is 8.04. The molecule has 1 heterocycles. The molecule has 0 aliphatic heterocycles. The van der Waals surface area contributed by atoms with Crippen LogP contribution in [-0.2, 0) is 4.74 Å². The van der Waals surface area contributed by atoms with Crippen LogP contribution in [0.2, 0.25) is 0 Å². The molecular weight excluding hydrogens is 252 g/mol. The van der Waals surface area contributed by atoms with E-state index in [2.05, 4.69) is 42.9 Å². The van der Waals surface area contributed by atoms with Crippen molar-refractivity contribution in [1.29, 1.82) is 0 Å². The minimum atomic E-state index is 0.309. The summed E-state index contributed by atoms with van der Waals surface area (Å²) in [6.07, 6.45) is 1.07. The van der Waals surface area contributed by atoms with Gasteiger partial charge in [-0.2, -0.15) is 0 Å². The number of nitrogens with zero attached hydrogens (tertiary/aromatic N) is 3. The third-order valence-corrected chi connectivity index (χ3v) is 3.46. The lowest BCUT2D eigenvalue weighted by Gasteiger charge is -2.30. The van der Waals surface area contributed by atoms with Crippen LogP contribution in [0, 0.1) is 0 Å². The molecule has 0 saturated heterocycles. The van der Waals surface area contributed by atoms with E-state index in [0.29, 0.717) is 18.6 Å². The molecular formula is C15H28N4O. The largest absolute Gasteiger partial charge is 0.383 e. The first kappa shape index (κ1) is 16.7. The topological polar surface area (TPSA) is 50.3 Å². The van der Waals surface area contributed by atoms with Gasteiger partial charge in [-0.15, -0.1) is 0 Å². The van der Waals surface area contributed by atoms with Gasteiger partial charge in [-0.25, -0.2) is 9.97 Å². The summed E-state index contributed by atoms with van der Waals surface area (Å²) in [6.45, 7) is 10.2. The highest BCUT2D eigenvalue weighted by Crippen LogP contribution is 2.22. The molecule has 0 bridgehead atoms. The molecule has 0 saturated carbocycles. The van der Waals surface area contributed by atoms with E-state index in [0.717, 1.165) is 30.4 Å². The molecule has 20 heavy (non-hydrogen) atoms. The quantitative estimate of drug-likeness (QED) is 0.793. The minimum absolute atomic E-state index is 0.309. The number of ether oxygens (including phenoxy) is 1. The van der Waals surface area contributed by atoms with Crippen molar-refractivity contribution in [3.05, 3.63) is 11.9 Å². The fourth-order valence-electron chi connectivity index (χ4n) is 1.96. The van der Waals surface area contributed by atoms with Crippen molar-refractivity contribution in [2.75, 3.05) is 37.5 Å². The first-order valence-electron chi connectivity index (χ1n) is 7.35. The molecule has 5 heteroatoms. The zero-order chi connectivity index (χ0) is 15.1. The Morgan fingerprint density at radius 1 is 1.30 bits per heavy atom. The van der Waals surface area contributed by atoms with Crippen LogP contribution in [0.5, 0.6) is 0 Å². The van der Waals surface area contributed by atoms with Gasteiger partial charge in [0.15, 0.2) is 0 Å². The van der Waals surface area contributed by atoms with Crippen LogP contribution in [0.4, 0.5) is 11.6 Å². The summed E-state index contributed by atoms with van der Waals surface area (Å²) < 4.78 is 5.22. The van der Waals surface area contributed by atoms with E-state index in [1.165, 1.54) is 0 Å². The van der Waals surface area contributed by atoms with E-state index < -0.39 is 0 Å². The molecule has 1 N–H and O–H groups in total. The molecule has 0 amide bonds. The molecule has 1 atom stereocenters. The lowest BCUT2D eigenvalue weighted by molar-refractivity contribution is 0.203. The summed E-state index contributed by atoms with van der Waals surface area (Å²) in [4.78, 5) is 11.5. The van der Waals surface area contributed by atoms with Crippen LogP contribution in [0.1, 0.15) is 45.9 Å². The number of aromatic nitrogens is 2. The zero-order valence-corrected chi connectivity index (χ0v) is 13.6. The monoisotopic (exact) mass is 280 g/mol. The summed E-state index contributed by atoms with van der Waals surface area (Å²) in [5.74, 6) is 3.02. The maximum absolute atomic E-state index is 5.22. The van der Waals surface area contributed by atoms with Crippen molar-refractivity contribution in [2.45, 2.75) is 46.1 Å². The highest BCUT2D eigenvalue weighted by Gasteiger charge is 2.17. The van der Waals surface area contributed by atoms with Gasteiger partial charge in [-0.1, -0.05) is 20.8 Å². The Balaban J connectivity index is 3.13. The van der Waals surface area contributed by atoms with E-state index in [-0.39, 0.29) is 0 Å². The van der Waals surface area contributed by atoms with Gasteiger partial charge in [0.25, 0.3) is 0 Å². The summed E-state index contributed by atoms with van der Waals surface area (Å²) >= 11 is 0. The SMILES string of the molecule is CCC(C)N(CCOC)c1cc(NC)nc(C(C)C)n1. The van der Waals surface area contributed by atoms with Gasteiger partial charge in [0, 0.05) is 38.7 Å². The van der Waals surface area contributed by atoms with Crippen LogP contribution in [0.3, 0.4) is 0 Å². The smallest absolute Gasteiger partial charge is 0.135 e. The highest BCUT2D eigenvalue weighted by molar-refractivity contribution is 5.50. The molecule has 1 aromatic rings. The third-order valence-electron chi connectivity index (χ3n) is 3.46. The predicted octanol–water partition coefficient (Wildman–Crippen LogP) is 2.89. The lowest BCUT2D eigenvalue weighted by atomic mass is 10.2. The van der Waals surface area contributed by atoms with Crippen LogP contribution in [-0.4, -0.2) is 43.3 Å². The van der Waals surface area contributed by atoms with E-state index >= 15 is 0 Å². The number of methoxy groups -OCH3 is 1. The van der Waals surface area contributed by atoms with Crippen LogP contribution < -0.4 is 10.2 Å². The van der Waals surface area contributed by atoms with Crippen LogP contribution >= 0.6 is 0 Å². The lowest BCUT2D eigenvalue weighted by Crippen LogP contribution is -2.36. The molecule has 0 spiro atoms. The second-order valence-corrected chi connectivity index (χ2v) is 5.32. The van der Waals surface area contributed by atoms with Crippen molar-refractivity contribution >= 4 is 11.6 Å². The first-order valence-corrected chi connectivity index (χ1v) is 7.35. The van der Waals surface area contributed by atoms with Gasteiger partial charge >= 0.3 is 0 Å². The van der Waals surface area contributed by atoms with E-state index in [1.807, 2.05) is 13.1 Å². The Morgan fingerprint density at radius 3 is 2.50 bits per heavy atom. The number of hydrogen-bond acceptors (Lipinski definition) is 5.